The van der Waals surface area contributed by atoms with Crippen molar-refractivity contribution in [3.8, 4) is 0 Å². The van der Waals surface area contributed by atoms with Crippen LogP contribution in [0.15, 0.2) is 32.0 Å². The van der Waals surface area contributed by atoms with Gasteiger partial charge in [-0.15, -0.1) is 0 Å². The summed E-state index contributed by atoms with van der Waals surface area (Å²) in [7, 11) is -3.69. The molecule has 0 aromatic heterocycles. The van der Waals surface area contributed by atoms with Crippen molar-refractivity contribution in [2.45, 2.75) is 17.7 Å². The number of carbonyl (C=O) groups is 1. The fourth-order valence-electron chi connectivity index (χ4n) is 2.18. The van der Waals surface area contributed by atoms with E-state index in [9.17, 15) is 13.2 Å². The molecular weight excluding hydrogens is 414 g/mol. The Balaban J connectivity index is 2.35. The maximum Gasteiger partial charge on any atom is 0.307 e. The van der Waals surface area contributed by atoms with Crippen LogP contribution >= 0.6 is 31.9 Å². The smallest absolute Gasteiger partial charge is 0.307 e. The summed E-state index contributed by atoms with van der Waals surface area (Å²) in [4.78, 5) is 11.2. The molecular formula is C12H13Br2NO4S. The van der Waals surface area contributed by atoms with Crippen LogP contribution < -0.4 is 0 Å². The zero-order chi connectivity index (χ0) is 14.9. The Morgan fingerprint density at radius 3 is 2.70 bits per heavy atom. The molecule has 1 aliphatic rings. The number of hydrogen-bond acceptors (Lipinski definition) is 3. The summed E-state index contributed by atoms with van der Waals surface area (Å²) in [5, 5.41) is 9.05. The first-order valence-electron chi connectivity index (χ1n) is 6.00. The Kier molecular flexibility index (Phi) is 4.88. The Hall–Kier alpha value is -0.440. The first-order chi connectivity index (χ1) is 9.32. The molecule has 0 amide bonds. The lowest BCUT2D eigenvalue weighted by Gasteiger charge is -2.30. The van der Waals surface area contributed by atoms with Crippen molar-refractivity contribution in [1.29, 1.82) is 0 Å². The van der Waals surface area contributed by atoms with Gasteiger partial charge in [-0.3, -0.25) is 4.79 Å². The third-order valence-corrected chi connectivity index (χ3v) is 6.60. The van der Waals surface area contributed by atoms with E-state index in [4.69, 9.17) is 5.11 Å². The van der Waals surface area contributed by atoms with Crippen molar-refractivity contribution in [1.82, 2.24) is 4.31 Å². The van der Waals surface area contributed by atoms with Crippen molar-refractivity contribution in [2.24, 2.45) is 5.92 Å². The number of hydrogen-bond donors (Lipinski definition) is 1. The topological polar surface area (TPSA) is 74.7 Å². The van der Waals surface area contributed by atoms with Crippen LogP contribution in [0.4, 0.5) is 0 Å². The summed E-state index contributed by atoms with van der Waals surface area (Å²) in [5.74, 6) is -1.58. The maximum atomic E-state index is 12.6. The van der Waals surface area contributed by atoms with E-state index in [1.807, 2.05) is 0 Å². The van der Waals surface area contributed by atoms with E-state index in [0.29, 0.717) is 28.3 Å². The van der Waals surface area contributed by atoms with Crippen LogP contribution in [-0.4, -0.2) is 36.9 Å². The van der Waals surface area contributed by atoms with Crippen molar-refractivity contribution < 1.29 is 18.3 Å². The molecule has 20 heavy (non-hydrogen) atoms. The number of benzene rings is 1. The fourth-order valence-corrected chi connectivity index (χ4v) is 5.16. The lowest BCUT2D eigenvalue weighted by molar-refractivity contribution is -0.142. The molecule has 1 N–H and O–H groups in total. The molecule has 0 aliphatic carbocycles. The van der Waals surface area contributed by atoms with Crippen LogP contribution in [0.1, 0.15) is 12.8 Å². The second-order valence-electron chi connectivity index (χ2n) is 4.62. The molecule has 1 aromatic carbocycles. The molecule has 1 fully saturated rings. The van der Waals surface area contributed by atoms with Gasteiger partial charge in [0.25, 0.3) is 0 Å². The van der Waals surface area contributed by atoms with Gasteiger partial charge in [-0.2, -0.15) is 4.31 Å². The quantitative estimate of drug-likeness (QED) is 0.806. The zero-order valence-corrected chi connectivity index (χ0v) is 14.4. The van der Waals surface area contributed by atoms with Gasteiger partial charge in [0.2, 0.25) is 10.0 Å². The number of piperidine rings is 1. The lowest BCUT2D eigenvalue weighted by Crippen LogP contribution is -2.42. The second kappa shape index (κ2) is 6.13. The number of aliphatic carboxylic acids is 1. The van der Waals surface area contributed by atoms with Crippen molar-refractivity contribution in [2.75, 3.05) is 13.1 Å². The summed E-state index contributed by atoms with van der Waals surface area (Å²) in [6.45, 7) is 0.377. The molecule has 1 aromatic rings. The van der Waals surface area contributed by atoms with Gasteiger partial charge >= 0.3 is 5.97 Å². The summed E-state index contributed by atoms with van der Waals surface area (Å²) in [6.07, 6.45) is 1.07. The monoisotopic (exact) mass is 425 g/mol. The van der Waals surface area contributed by atoms with Gasteiger partial charge in [0.05, 0.1) is 10.8 Å². The van der Waals surface area contributed by atoms with E-state index in [1.165, 1.54) is 10.4 Å². The molecule has 0 bridgehead atoms. The van der Waals surface area contributed by atoms with E-state index >= 15 is 0 Å². The predicted octanol–water partition coefficient (Wildman–Crippen LogP) is 2.70. The van der Waals surface area contributed by atoms with Gasteiger partial charge < -0.3 is 5.11 Å². The predicted molar refractivity (Wildman–Crippen MR) is 81.0 cm³/mol. The van der Waals surface area contributed by atoms with Crippen LogP contribution in [0, 0.1) is 5.92 Å². The summed E-state index contributed by atoms with van der Waals surface area (Å²) in [6, 6.07) is 4.90. The Morgan fingerprint density at radius 2 is 2.05 bits per heavy atom. The van der Waals surface area contributed by atoms with Gasteiger partial charge in [0.1, 0.15) is 0 Å². The average molecular weight is 427 g/mol. The van der Waals surface area contributed by atoms with E-state index in [1.54, 1.807) is 12.1 Å². The third-order valence-electron chi connectivity index (χ3n) is 3.24. The summed E-state index contributed by atoms with van der Waals surface area (Å²) in [5.41, 5.74) is 0. The number of carboxylic acids is 1. The molecule has 1 saturated heterocycles. The van der Waals surface area contributed by atoms with Crippen molar-refractivity contribution in [3.05, 3.63) is 27.1 Å². The standard InChI is InChI=1S/C12H13Br2NO4S/c13-9-3-4-10(14)11(6-9)20(18,19)15-5-1-2-8(7-15)12(16)17/h3-4,6,8H,1-2,5,7H2,(H,16,17)/t8-/m0/s1. The number of carboxylic acid groups (broad SMARTS) is 1. The summed E-state index contributed by atoms with van der Waals surface area (Å²) >= 11 is 6.48. The largest absolute Gasteiger partial charge is 0.481 e. The minimum atomic E-state index is -3.69. The van der Waals surface area contributed by atoms with Crippen LogP contribution in [0.2, 0.25) is 0 Å². The lowest BCUT2D eigenvalue weighted by atomic mass is 10.0. The normalized spacial score (nSPS) is 20.8. The second-order valence-corrected chi connectivity index (χ2v) is 8.29. The highest BCUT2D eigenvalue weighted by molar-refractivity contribution is 9.11. The number of sulfonamides is 1. The van der Waals surface area contributed by atoms with Crippen LogP contribution in [0.3, 0.4) is 0 Å². The average Bonchev–Trinajstić information content (AvgIpc) is 2.41. The minimum Gasteiger partial charge on any atom is -0.481 e. The molecule has 1 aliphatic heterocycles. The van der Waals surface area contributed by atoms with Crippen molar-refractivity contribution >= 4 is 47.9 Å². The minimum absolute atomic E-state index is 0.0244. The number of nitrogens with zero attached hydrogens (tertiary/aromatic N) is 1. The fraction of sp³-hybridized carbons (Fsp3) is 0.417. The molecule has 0 spiro atoms. The van der Waals surface area contributed by atoms with E-state index in [0.717, 1.165) is 0 Å². The third kappa shape index (κ3) is 3.24. The Morgan fingerprint density at radius 1 is 1.35 bits per heavy atom. The SMILES string of the molecule is O=C(O)[C@H]1CCCN(S(=O)(=O)c2cc(Br)ccc2Br)C1. The van der Waals surface area contributed by atoms with Crippen LogP contribution in [-0.2, 0) is 14.8 Å². The molecule has 5 nitrogen and oxygen atoms in total. The van der Waals surface area contributed by atoms with E-state index in [2.05, 4.69) is 31.9 Å². The highest BCUT2D eigenvalue weighted by Gasteiger charge is 2.34. The molecule has 0 unspecified atom stereocenters. The van der Waals surface area contributed by atoms with Gasteiger partial charge in [0, 0.05) is 22.0 Å². The first-order valence-corrected chi connectivity index (χ1v) is 9.03. The summed E-state index contributed by atoms with van der Waals surface area (Å²) < 4.78 is 27.6. The molecule has 0 radical (unpaired) electrons. The van der Waals surface area contributed by atoms with Gasteiger partial charge in [-0.05, 0) is 47.0 Å². The Labute approximate surface area is 134 Å². The van der Waals surface area contributed by atoms with Gasteiger partial charge in [-0.25, -0.2) is 8.42 Å². The van der Waals surface area contributed by atoms with Crippen LogP contribution in [0.5, 0.6) is 0 Å². The molecule has 1 heterocycles. The number of rotatable bonds is 3. The highest BCUT2D eigenvalue weighted by atomic mass is 79.9. The number of halogens is 2. The van der Waals surface area contributed by atoms with E-state index in [-0.39, 0.29) is 11.4 Å². The van der Waals surface area contributed by atoms with Gasteiger partial charge in [-0.1, -0.05) is 15.9 Å². The molecule has 8 heteroatoms. The van der Waals surface area contributed by atoms with Gasteiger partial charge in [0.15, 0.2) is 0 Å². The highest BCUT2D eigenvalue weighted by Crippen LogP contribution is 2.30. The Bertz CT molecular complexity index is 632. The first kappa shape index (κ1) is 15.9. The van der Waals surface area contributed by atoms with Crippen LogP contribution in [0.25, 0.3) is 0 Å². The molecule has 2 rings (SSSR count). The molecule has 0 saturated carbocycles. The maximum absolute atomic E-state index is 12.6. The van der Waals surface area contributed by atoms with E-state index < -0.39 is 21.9 Å². The van der Waals surface area contributed by atoms with Crippen molar-refractivity contribution in [3.63, 3.8) is 0 Å². The zero-order valence-electron chi connectivity index (χ0n) is 10.4. The molecule has 1 atom stereocenters. The molecule has 110 valence electrons.